The summed E-state index contributed by atoms with van der Waals surface area (Å²) in [5.41, 5.74) is 12.8. The van der Waals surface area contributed by atoms with Crippen molar-refractivity contribution >= 4 is 93.7 Å². The number of nitrogens with two attached hydrogens (primary N) is 2. The van der Waals surface area contributed by atoms with Crippen molar-refractivity contribution < 1.29 is 113 Å². The number of aromatic amines is 2. The summed E-state index contributed by atoms with van der Waals surface area (Å²) in [7, 11) is 0. The molecule has 23 N–H and O–H groups in total. The Morgan fingerprint density at radius 2 is 1.06 bits per heavy atom. The van der Waals surface area contributed by atoms with Gasteiger partial charge < -0.3 is 141 Å². The van der Waals surface area contributed by atoms with E-state index in [-0.39, 0.29) is 163 Å². The molecule has 0 saturated carbocycles. The van der Waals surface area contributed by atoms with Gasteiger partial charge in [-0.25, -0.2) is 4.98 Å². The summed E-state index contributed by atoms with van der Waals surface area (Å²) in [5.74, 6) is -10.5. The largest absolute Gasteiger partial charge is 2.00 e. The molecule has 735 valence electrons. The zero-order valence-corrected chi connectivity index (χ0v) is 77.9. The van der Waals surface area contributed by atoms with Gasteiger partial charge in [-0.3, -0.25) is 67.1 Å². The summed E-state index contributed by atoms with van der Waals surface area (Å²) < 4.78 is 22.6. The number of aliphatic hydroxyl groups is 1. The van der Waals surface area contributed by atoms with E-state index in [4.69, 9.17) is 50.9 Å². The van der Waals surface area contributed by atoms with E-state index in [1.807, 2.05) is 27.7 Å². The molecule has 1 radical (unpaired) electrons. The van der Waals surface area contributed by atoms with Crippen molar-refractivity contribution in [3.63, 3.8) is 0 Å². The first-order valence-electron chi connectivity index (χ1n) is 44.7. The molecule has 2 aromatic carbocycles. The molecule has 2 aromatic heterocycles. The summed E-state index contributed by atoms with van der Waals surface area (Å²) in [6.07, 6.45) is 2.49. The fourth-order valence-electron chi connectivity index (χ4n) is 14.2. The number of aliphatic hydroxyl groups excluding tert-OH is 1. The fourth-order valence-corrected chi connectivity index (χ4v) is 14.2. The Kier molecular flexibility index (Phi) is 53.8. The molecule has 9 atom stereocenters. The Bertz CT molecular complexity index is 4100. The number of aromatic nitrogens is 3. The van der Waals surface area contributed by atoms with E-state index in [2.05, 4.69) is 102 Å². The second kappa shape index (κ2) is 62.3. The van der Waals surface area contributed by atoms with Crippen molar-refractivity contribution in [3.8, 4) is 0 Å². The summed E-state index contributed by atoms with van der Waals surface area (Å²) in [4.78, 5) is 196. The van der Waals surface area contributed by atoms with Crippen LogP contribution in [0.5, 0.6) is 0 Å². The van der Waals surface area contributed by atoms with Gasteiger partial charge in [-0.05, 0) is 73.0 Å². The van der Waals surface area contributed by atoms with Crippen molar-refractivity contribution in [3.05, 3.63) is 101 Å². The second-order valence-electron chi connectivity index (χ2n) is 34.2. The third kappa shape index (κ3) is 46.7. The molecule has 43 heteroatoms. The van der Waals surface area contributed by atoms with Crippen LogP contribution in [0.1, 0.15) is 137 Å². The number of ether oxygens (including phenoxy) is 4. The maximum Gasteiger partial charge on any atom is 2.00 e. The third-order valence-electron chi connectivity index (χ3n) is 21.0. The third-order valence-corrected chi connectivity index (χ3v) is 21.0. The van der Waals surface area contributed by atoms with Crippen molar-refractivity contribution in [2.24, 2.45) is 34.6 Å². The summed E-state index contributed by atoms with van der Waals surface area (Å²) in [6, 6.07) is 5.67. The number of H-pyrrole nitrogens is 2. The SMILES string of the molecule is CC(=O)O.CC(C)C[C@H](NC(=O)C[C@H](O)[C@H](CC(C)C)NC(=O)[C@H](Cc1cnc[nH]1)NC(=O)CNC(=O)[C@@H](NC(=O)[C@H](C)NC(=O)[C@H](Cc1c[nH]c2ccccc12)NC(=O)[C@H](CCC(N)=O)NC(=O)[C@@H](Cc1ccccc1)NC(=O)CCOCCOCCOCCOCCNC(=O)CCCC(=O)NC12C[N-]CC[N-]CC(C)(CNCCNC1)CNCCNC2)C(C)C)C(N)=O.[64Cu+2]. The molecule has 3 aliphatic rings. The average Bonchev–Trinajstić information content (AvgIpc) is 1.70. The summed E-state index contributed by atoms with van der Waals surface area (Å²) in [6.45, 7) is 24.6. The van der Waals surface area contributed by atoms with Crippen LogP contribution >= 0.6 is 0 Å². The quantitative estimate of drug-likeness (QED) is 0.0168. The van der Waals surface area contributed by atoms with Crippen LogP contribution in [0, 0.1) is 23.2 Å². The standard InChI is InChI=1S/C86H138N22O18.C2H4O2.Cu/c1-55(2)39-65(70(109)44-75(114)101-66(78(88)116)40-56(3)4)105-83(121)69(43-61-46-95-54-99-61)103-76(115)47-98-84(122)77(57(5)6)107-79(117)58(7)100-81(119)68(42-60-45-97-63-18-13-12-17-62(60)63)106-80(118)64(21-22-71(87)110)104-82(120)67(41-59-15-10-9-11-16-59)102-73(112)23-31-123-33-35-125-37-38-126-36-34-124-32-30-96-72(111)19-14-20-74(113)108-86-51-92-27-24-89-48-85(8,49-90-25-28-93-52-86)50-91-26-29-94-53-86;1-2(3)4;/h9-13,15-18,45-46,54-58,64-70,77,89-90,92-93,97,109H,14,19-44,47-53H2,1-8H3,(H2,87,110)(H2,88,116)(H,95,99)(H,96,111)(H,98,122)(H,100,119)(H,101,114)(H,102,112)(H,103,115)(H,104,120)(H,105,121)(H,106,118)(H,107,117)(H,108,113);1H3,(H,3,4);/q-2;;+2/t58-,64-,65-,66-,67+,68-,69-,70-,77-,85?,86?;;/m0../s1/i;;1+0. The number of imidazole rings is 1. The Balaban J connectivity index is 0.00000703. The molecular weight excluding hydrogens is 1750 g/mol. The number of para-hydroxylation sites is 1. The number of aliphatic carboxylic acids is 1. The number of amides is 13. The Morgan fingerprint density at radius 1 is 0.527 bits per heavy atom. The smallest absolute Gasteiger partial charge is 0.663 e. The molecule has 0 unspecified atom stereocenters. The number of primary amides is 2. The molecule has 3 aliphatic heterocycles. The predicted molar refractivity (Wildman–Crippen MR) is 485 cm³/mol. The van der Waals surface area contributed by atoms with Gasteiger partial charge in [-0.2, -0.15) is 13.1 Å². The number of carbonyl (C=O) groups excluding carboxylic acids is 13. The number of carbonyl (C=O) groups is 14. The van der Waals surface area contributed by atoms with E-state index in [0.29, 0.717) is 66.9 Å². The predicted octanol–water partition coefficient (Wildman–Crippen LogP) is -1.99. The van der Waals surface area contributed by atoms with Crippen LogP contribution in [0.15, 0.2) is 73.3 Å². The Morgan fingerprint density at radius 3 is 1.66 bits per heavy atom. The van der Waals surface area contributed by atoms with Crippen LogP contribution in [0.4, 0.5) is 0 Å². The van der Waals surface area contributed by atoms with Gasteiger partial charge in [-0.15, -0.1) is 13.1 Å². The monoisotopic (exact) mass is 1890 g/mol. The first-order chi connectivity index (χ1) is 62.0. The van der Waals surface area contributed by atoms with Gasteiger partial charge in [0.05, 0.1) is 84.3 Å². The topological polar surface area (TPSA) is 622 Å². The van der Waals surface area contributed by atoms with Gasteiger partial charge in [0, 0.05) is 145 Å². The molecule has 3 fully saturated rings. The van der Waals surface area contributed by atoms with E-state index in [1.165, 1.54) is 19.4 Å². The van der Waals surface area contributed by atoms with Gasteiger partial charge in [0.25, 0.3) is 5.97 Å². The zero-order chi connectivity index (χ0) is 95.4. The molecular formula is C88H142CuN22O20. The van der Waals surface area contributed by atoms with Gasteiger partial charge >= 0.3 is 17.1 Å². The van der Waals surface area contributed by atoms with E-state index in [9.17, 15) is 67.4 Å². The maximum atomic E-state index is 14.7. The van der Waals surface area contributed by atoms with Crippen molar-refractivity contribution in [2.75, 3.05) is 144 Å². The summed E-state index contributed by atoms with van der Waals surface area (Å²) >= 11 is 0. The first kappa shape index (κ1) is 113. The normalized spacial score (nSPS) is 17.6. The number of carboxylic acids is 1. The number of benzene rings is 2. The van der Waals surface area contributed by atoms with Crippen molar-refractivity contribution in [1.29, 1.82) is 0 Å². The zero-order valence-electron chi connectivity index (χ0n) is 76.9. The van der Waals surface area contributed by atoms with Gasteiger partial charge in [0.2, 0.25) is 76.8 Å². The molecule has 5 heterocycles. The Labute approximate surface area is 777 Å². The molecule has 7 rings (SSSR count). The number of rotatable bonds is 54. The van der Waals surface area contributed by atoms with Crippen LogP contribution < -0.4 is 91.2 Å². The average molecular weight is 1890 g/mol. The van der Waals surface area contributed by atoms with E-state index >= 15 is 0 Å². The van der Waals surface area contributed by atoms with Gasteiger partial charge in [-0.1, -0.05) is 97.0 Å². The number of carboxylic acid groups (broad SMARTS) is 1. The Hall–Kier alpha value is -10.2. The van der Waals surface area contributed by atoms with Crippen LogP contribution in [-0.2, 0) is 122 Å². The number of hydrogen-bond acceptors (Lipinski definition) is 24. The van der Waals surface area contributed by atoms with Crippen LogP contribution in [0.2, 0.25) is 0 Å². The fraction of sp³-hybridized carbons (Fsp3) is 0.648. The van der Waals surface area contributed by atoms with Gasteiger partial charge in [0.1, 0.15) is 42.3 Å². The minimum Gasteiger partial charge on any atom is -0.663 e. The molecule has 2 bridgehead atoms. The van der Waals surface area contributed by atoms with Crippen molar-refractivity contribution in [1.82, 2.24) is 94.7 Å². The molecule has 42 nitrogen and oxygen atoms in total. The minimum atomic E-state index is -1.52. The first-order valence-corrected chi connectivity index (χ1v) is 44.7. The van der Waals surface area contributed by atoms with Crippen LogP contribution in [0.3, 0.4) is 0 Å². The molecule has 0 aliphatic carbocycles. The molecule has 131 heavy (non-hydrogen) atoms. The molecule has 4 aromatic rings. The maximum absolute atomic E-state index is 14.7. The van der Waals surface area contributed by atoms with Crippen molar-refractivity contribution in [2.45, 2.75) is 199 Å². The number of fused-ring (bicyclic) bond motifs is 16. The number of nitrogens with zero attached hydrogens (tertiary/aromatic N) is 3. The molecule has 13 amide bonds. The number of hydrogen-bond donors (Lipinski definition) is 21. The van der Waals surface area contributed by atoms with E-state index < -0.39 is 156 Å². The van der Waals surface area contributed by atoms with Gasteiger partial charge in [0.15, 0.2) is 0 Å². The van der Waals surface area contributed by atoms with E-state index in [1.54, 1.807) is 74.6 Å². The van der Waals surface area contributed by atoms with Crippen LogP contribution in [0.25, 0.3) is 21.5 Å². The molecule has 0 spiro atoms. The minimum absolute atomic E-state index is 0. The van der Waals surface area contributed by atoms with Crippen LogP contribution in [-0.4, -0.2) is 312 Å². The summed E-state index contributed by atoms with van der Waals surface area (Å²) in [5, 5.41) is 73.2. The second-order valence-corrected chi connectivity index (χ2v) is 34.2. The molecule has 3 saturated heterocycles. The van der Waals surface area contributed by atoms with E-state index in [0.717, 1.165) is 52.7 Å². The number of nitrogens with one attached hydrogen (secondary N) is 17.